The van der Waals surface area contributed by atoms with Crippen molar-refractivity contribution < 1.29 is 4.42 Å². The highest BCUT2D eigenvalue weighted by molar-refractivity contribution is 7.99. The minimum absolute atomic E-state index is 0.444. The van der Waals surface area contributed by atoms with Crippen LogP contribution in [0.4, 0.5) is 0 Å². The highest BCUT2D eigenvalue weighted by Gasteiger charge is 2.13. The highest BCUT2D eigenvalue weighted by Crippen LogP contribution is 2.33. The van der Waals surface area contributed by atoms with E-state index in [1.807, 2.05) is 23.6 Å². The van der Waals surface area contributed by atoms with Crippen LogP contribution in [0.15, 0.2) is 57.0 Å². The van der Waals surface area contributed by atoms with Crippen molar-refractivity contribution in [1.29, 1.82) is 0 Å². The molecule has 0 spiro atoms. The van der Waals surface area contributed by atoms with Crippen LogP contribution in [-0.4, -0.2) is 25.1 Å². The largest absolute Gasteiger partial charge is 0.411 e. The van der Waals surface area contributed by atoms with Crippen molar-refractivity contribution in [3.8, 4) is 11.5 Å². The molecular formula is C13H7N5OS2. The molecule has 0 aliphatic carbocycles. The molecule has 0 aliphatic rings. The molecule has 0 atom stereocenters. The van der Waals surface area contributed by atoms with Crippen LogP contribution in [0.3, 0.4) is 0 Å². The minimum Gasteiger partial charge on any atom is -0.411 e. The van der Waals surface area contributed by atoms with Crippen LogP contribution in [-0.2, 0) is 0 Å². The predicted octanol–water partition coefficient (Wildman–Crippen LogP) is 3.29. The third-order valence-electron chi connectivity index (χ3n) is 2.72. The second-order valence-electron chi connectivity index (χ2n) is 4.04. The summed E-state index contributed by atoms with van der Waals surface area (Å²) in [5, 5.41) is 12.3. The molecule has 0 aromatic carbocycles. The van der Waals surface area contributed by atoms with Crippen LogP contribution in [0.25, 0.3) is 21.7 Å². The molecule has 0 saturated carbocycles. The molecule has 0 fully saturated rings. The molecule has 0 saturated heterocycles. The van der Waals surface area contributed by atoms with Crippen molar-refractivity contribution in [2.45, 2.75) is 10.2 Å². The molecule has 6 nitrogen and oxygen atoms in total. The summed E-state index contributed by atoms with van der Waals surface area (Å²) in [6, 6.07) is 5.68. The number of hydrogen-bond acceptors (Lipinski definition) is 8. The van der Waals surface area contributed by atoms with Gasteiger partial charge in [0.15, 0.2) is 0 Å². The first-order chi connectivity index (χ1) is 10.4. The first-order valence-corrected chi connectivity index (χ1v) is 7.70. The number of pyridine rings is 1. The fourth-order valence-electron chi connectivity index (χ4n) is 1.79. The van der Waals surface area contributed by atoms with Gasteiger partial charge in [-0.15, -0.1) is 21.5 Å². The Hall–Kier alpha value is -2.32. The van der Waals surface area contributed by atoms with Crippen molar-refractivity contribution in [2.75, 3.05) is 0 Å². The van der Waals surface area contributed by atoms with Gasteiger partial charge in [0.1, 0.15) is 16.2 Å². The highest BCUT2D eigenvalue weighted by atomic mass is 32.2. The molecule has 0 N–H and O–H groups in total. The van der Waals surface area contributed by atoms with Gasteiger partial charge in [-0.2, -0.15) is 0 Å². The number of aromatic nitrogens is 5. The number of fused-ring (bicyclic) bond motifs is 1. The van der Waals surface area contributed by atoms with E-state index in [2.05, 4.69) is 25.1 Å². The van der Waals surface area contributed by atoms with Crippen molar-refractivity contribution in [3.05, 3.63) is 42.3 Å². The summed E-state index contributed by atoms with van der Waals surface area (Å²) in [5.74, 6) is 0.446. The van der Waals surface area contributed by atoms with Crippen LogP contribution >= 0.6 is 23.1 Å². The Bertz CT molecular complexity index is 890. The zero-order chi connectivity index (χ0) is 14.1. The van der Waals surface area contributed by atoms with Crippen molar-refractivity contribution in [3.63, 3.8) is 0 Å². The van der Waals surface area contributed by atoms with Crippen LogP contribution in [0.5, 0.6) is 0 Å². The van der Waals surface area contributed by atoms with Crippen LogP contribution in [0, 0.1) is 0 Å². The summed E-state index contributed by atoms with van der Waals surface area (Å²) in [5.41, 5.74) is 0.792. The normalized spacial score (nSPS) is 11.0. The molecule has 0 amide bonds. The second kappa shape index (κ2) is 5.23. The van der Waals surface area contributed by atoms with E-state index in [-0.39, 0.29) is 0 Å². The maximum Gasteiger partial charge on any atom is 0.283 e. The maximum atomic E-state index is 5.64. The monoisotopic (exact) mass is 313 g/mol. The third-order valence-corrected chi connectivity index (χ3v) is 4.40. The SMILES string of the molecule is c1cncc(-c2nnc(Sc3ncnc4sccc34)o2)c1. The average Bonchev–Trinajstić information content (AvgIpc) is 3.17. The van der Waals surface area contributed by atoms with Crippen LogP contribution in [0.1, 0.15) is 0 Å². The molecule has 0 unspecified atom stereocenters. The molecular weight excluding hydrogens is 306 g/mol. The predicted molar refractivity (Wildman–Crippen MR) is 79.1 cm³/mol. The molecule has 4 aromatic heterocycles. The lowest BCUT2D eigenvalue weighted by atomic mass is 10.3. The zero-order valence-electron chi connectivity index (χ0n) is 10.5. The maximum absolute atomic E-state index is 5.64. The Balaban J connectivity index is 1.66. The Labute approximate surface area is 127 Å². The first kappa shape index (κ1) is 12.4. The Morgan fingerprint density at radius 2 is 2.14 bits per heavy atom. The molecule has 4 heterocycles. The fraction of sp³-hybridized carbons (Fsp3) is 0. The van der Waals surface area contributed by atoms with Crippen LogP contribution < -0.4 is 0 Å². The van der Waals surface area contributed by atoms with Gasteiger partial charge in [0.25, 0.3) is 5.22 Å². The van der Waals surface area contributed by atoms with E-state index in [1.165, 1.54) is 11.8 Å². The van der Waals surface area contributed by atoms with Gasteiger partial charge in [0, 0.05) is 17.8 Å². The molecule has 21 heavy (non-hydrogen) atoms. The molecule has 4 rings (SSSR count). The zero-order valence-corrected chi connectivity index (χ0v) is 12.1. The summed E-state index contributed by atoms with van der Waals surface area (Å²) in [6.45, 7) is 0. The lowest BCUT2D eigenvalue weighted by Crippen LogP contribution is -1.83. The number of thiophene rings is 1. The summed E-state index contributed by atoms with van der Waals surface area (Å²) in [7, 11) is 0. The first-order valence-electron chi connectivity index (χ1n) is 6.00. The van der Waals surface area contributed by atoms with E-state index in [1.54, 1.807) is 30.1 Å². The standard InChI is InChI=1S/C13H7N5OS2/c1-2-8(6-14-4-1)10-17-18-13(19-10)21-12-9-3-5-20-11(9)15-7-16-12/h1-7H. The van der Waals surface area contributed by atoms with E-state index in [0.717, 1.165) is 20.8 Å². The average molecular weight is 313 g/mol. The van der Waals surface area contributed by atoms with Crippen molar-refractivity contribution >= 4 is 33.3 Å². The number of nitrogens with zero attached hydrogens (tertiary/aromatic N) is 5. The number of hydrogen-bond donors (Lipinski definition) is 0. The summed E-state index contributed by atoms with van der Waals surface area (Å²) in [6.07, 6.45) is 4.92. The Morgan fingerprint density at radius 1 is 1.14 bits per heavy atom. The molecule has 0 radical (unpaired) electrons. The van der Waals surface area contributed by atoms with Gasteiger partial charge < -0.3 is 4.42 Å². The van der Waals surface area contributed by atoms with E-state index < -0.39 is 0 Å². The van der Waals surface area contributed by atoms with Crippen LogP contribution in [0.2, 0.25) is 0 Å². The van der Waals surface area contributed by atoms with Crippen molar-refractivity contribution in [2.24, 2.45) is 0 Å². The fourth-order valence-corrected chi connectivity index (χ4v) is 3.33. The van der Waals surface area contributed by atoms with Gasteiger partial charge in [0.05, 0.1) is 5.56 Å². The van der Waals surface area contributed by atoms with Gasteiger partial charge in [-0.1, -0.05) is 0 Å². The molecule has 4 aromatic rings. The Morgan fingerprint density at radius 3 is 3.05 bits per heavy atom. The quantitative estimate of drug-likeness (QED) is 0.537. The third kappa shape index (κ3) is 2.39. The molecule has 0 aliphatic heterocycles. The van der Waals surface area contributed by atoms with Crippen molar-refractivity contribution in [1.82, 2.24) is 25.1 Å². The molecule has 0 bridgehead atoms. The lowest BCUT2D eigenvalue weighted by molar-refractivity contribution is 0.465. The number of rotatable bonds is 3. The van der Waals surface area contributed by atoms with E-state index in [0.29, 0.717) is 11.1 Å². The second-order valence-corrected chi connectivity index (χ2v) is 5.87. The van der Waals surface area contributed by atoms with Gasteiger partial charge in [-0.25, -0.2) is 9.97 Å². The van der Waals surface area contributed by atoms with Gasteiger partial charge in [0.2, 0.25) is 5.89 Å². The summed E-state index contributed by atoms with van der Waals surface area (Å²) >= 11 is 2.91. The molecule has 8 heteroatoms. The van der Waals surface area contributed by atoms with Gasteiger partial charge in [-0.05, 0) is 35.3 Å². The molecule has 102 valence electrons. The minimum atomic E-state index is 0.444. The lowest BCUT2D eigenvalue weighted by Gasteiger charge is -1.96. The van der Waals surface area contributed by atoms with Gasteiger partial charge in [-0.3, -0.25) is 4.98 Å². The van der Waals surface area contributed by atoms with E-state index >= 15 is 0 Å². The summed E-state index contributed by atoms with van der Waals surface area (Å²) < 4.78 is 5.64. The topological polar surface area (TPSA) is 77.6 Å². The van der Waals surface area contributed by atoms with Gasteiger partial charge >= 0.3 is 0 Å². The van der Waals surface area contributed by atoms with E-state index in [4.69, 9.17) is 4.42 Å². The Kier molecular flexibility index (Phi) is 3.09. The summed E-state index contributed by atoms with van der Waals surface area (Å²) in [4.78, 5) is 13.5. The van der Waals surface area contributed by atoms with E-state index in [9.17, 15) is 0 Å². The smallest absolute Gasteiger partial charge is 0.283 e.